The Bertz CT molecular complexity index is 1110. The van der Waals surface area contributed by atoms with Crippen LogP contribution in [0.25, 0.3) is 27.8 Å². The monoisotopic (exact) mass is 382 g/mol. The molecule has 2 aromatic carbocycles. The van der Waals surface area contributed by atoms with Crippen molar-refractivity contribution in [1.82, 2.24) is 14.5 Å². The third-order valence-corrected chi connectivity index (χ3v) is 5.85. The van der Waals surface area contributed by atoms with Crippen molar-refractivity contribution < 1.29 is 0 Å². The molecule has 0 radical (unpaired) electrons. The molecular weight excluding hydrogens is 356 g/mol. The Morgan fingerprint density at radius 1 is 0.828 bits per heavy atom. The van der Waals surface area contributed by atoms with Gasteiger partial charge in [-0.15, -0.1) is 0 Å². The Hall–Kier alpha value is -3.14. The van der Waals surface area contributed by atoms with Gasteiger partial charge in [0, 0.05) is 30.5 Å². The number of aromatic nitrogens is 3. The minimum Gasteiger partial charge on any atom is -0.355 e. The van der Waals surface area contributed by atoms with E-state index in [1.165, 1.54) is 17.5 Å². The van der Waals surface area contributed by atoms with Crippen LogP contribution in [0.1, 0.15) is 20.3 Å². The highest BCUT2D eigenvalue weighted by molar-refractivity contribution is 6.02. The normalized spacial score (nSPS) is 19.6. The van der Waals surface area contributed by atoms with Gasteiger partial charge < -0.3 is 9.47 Å². The molecule has 4 nitrogen and oxygen atoms in total. The Kier molecular flexibility index (Phi) is 4.55. The summed E-state index contributed by atoms with van der Waals surface area (Å²) in [5.74, 6) is 2.39. The lowest BCUT2D eigenvalue weighted by Gasteiger charge is -2.36. The predicted molar refractivity (Wildman–Crippen MR) is 119 cm³/mol. The van der Waals surface area contributed by atoms with Crippen molar-refractivity contribution in [2.24, 2.45) is 11.8 Å². The number of benzene rings is 2. The van der Waals surface area contributed by atoms with Crippen LogP contribution in [-0.2, 0) is 0 Å². The van der Waals surface area contributed by atoms with Gasteiger partial charge in [-0.3, -0.25) is 0 Å². The van der Waals surface area contributed by atoms with Gasteiger partial charge in [-0.2, -0.15) is 0 Å². The van der Waals surface area contributed by atoms with Crippen LogP contribution < -0.4 is 4.90 Å². The lowest BCUT2D eigenvalue weighted by molar-refractivity contribution is 0.356. The molecular formula is C25H26N4. The highest BCUT2D eigenvalue weighted by Crippen LogP contribution is 2.38. The van der Waals surface area contributed by atoms with Crippen LogP contribution >= 0.6 is 0 Å². The van der Waals surface area contributed by atoms with Gasteiger partial charge in [0.1, 0.15) is 12.1 Å². The standard InChI is InChI=1S/C25H26N4/c1-18-13-19(2)15-28(14-18)24-23-22(20-9-5-3-6-10-20)16-29(25(23)27-17-26-24)21-11-7-4-8-12-21/h3-12,16-19H,13-15H2,1-2H3/t18-,19-/m1/s1. The largest absolute Gasteiger partial charge is 0.355 e. The Morgan fingerprint density at radius 2 is 1.48 bits per heavy atom. The predicted octanol–water partition coefficient (Wildman–Crippen LogP) is 5.57. The molecule has 0 spiro atoms. The van der Waals surface area contributed by atoms with Crippen LogP contribution in [0, 0.1) is 11.8 Å². The molecule has 1 fully saturated rings. The molecule has 2 aromatic heterocycles. The van der Waals surface area contributed by atoms with E-state index in [1.54, 1.807) is 6.33 Å². The smallest absolute Gasteiger partial charge is 0.150 e. The number of fused-ring (bicyclic) bond motifs is 1. The zero-order valence-corrected chi connectivity index (χ0v) is 17.0. The molecule has 4 heteroatoms. The van der Waals surface area contributed by atoms with Gasteiger partial charge in [0.05, 0.1) is 5.39 Å². The van der Waals surface area contributed by atoms with Crippen molar-refractivity contribution in [3.8, 4) is 16.8 Å². The molecule has 1 aliphatic rings. The topological polar surface area (TPSA) is 34.0 Å². The highest BCUT2D eigenvalue weighted by atomic mass is 15.2. The first-order valence-electron chi connectivity index (χ1n) is 10.4. The average molecular weight is 383 g/mol. The van der Waals surface area contributed by atoms with Gasteiger partial charge >= 0.3 is 0 Å². The van der Waals surface area contributed by atoms with E-state index < -0.39 is 0 Å². The molecule has 1 aliphatic heterocycles. The van der Waals surface area contributed by atoms with Crippen LogP contribution in [0.5, 0.6) is 0 Å². The van der Waals surface area contributed by atoms with Gasteiger partial charge in [0.25, 0.3) is 0 Å². The van der Waals surface area contributed by atoms with E-state index in [0.717, 1.165) is 35.6 Å². The van der Waals surface area contributed by atoms with Crippen molar-refractivity contribution in [2.45, 2.75) is 20.3 Å². The molecule has 5 rings (SSSR count). The maximum atomic E-state index is 4.79. The van der Waals surface area contributed by atoms with E-state index in [4.69, 9.17) is 9.97 Å². The summed E-state index contributed by atoms with van der Waals surface area (Å²) in [6, 6.07) is 21.0. The minimum absolute atomic E-state index is 0.667. The Labute approximate surface area is 171 Å². The summed E-state index contributed by atoms with van der Waals surface area (Å²) >= 11 is 0. The zero-order chi connectivity index (χ0) is 19.8. The van der Waals surface area contributed by atoms with Crippen LogP contribution in [0.4, 0.5) is 5.82 Å². The number of para-hydroxylation sites is 1. The molecule has 0 aliphatic carbocycles. The Balaban J connectivity index is 1.76. The second kappa shape index (κ2) is 7.36. The number of hydrogen-bond acceptors (Lipinski definition) is 3. The van der Waals surface area contributed by atoms with Gasteiger partial charge in [-0.1, -0.05) is 62.4 Å². The maximum Gasteiger partial charge on any atom is 0.150 e. The summed E-state index contributed by atoms with van der Waals surface area (Å²) in [5, 5.41) is 1.14. The first-order valence-corrected chi connectivity index (χ1v) is 10.4. The molecule has 0 saturated carbocycles. The molecule has 0 N–H and O–H groups in total. The minimum atomic E-state index is 0.667. The van der Waals surface area contributed by atoms with Crippen molar-refractivity contribution in [2.75, 3.05) is 18.0 Å². The van der Waals surface area contributed by atoms with Gasteiger partial charge in [-0.25, -0.2) is 9.97 Å². The summed E-state index contributed by atoms with van der Waals surface area (Å²) in [6.45, 7) is 6.77. The zero-order valence-electron chi connectivity index (χ0n) is 17.0. The summed E-state index contributed by atoms with van der Waals surface area (Å²) in [5.41, 5.74) is 4.46. The summed E-state index contributed by atoms with van der Waals surface area (Å²) in [4.78, 5) is 12.0. The second-order valence-corrected chi connectivity index (χ2v) is 8.36. The molecule has 146 valence electrons. The molecule has 2 atom stereocenters. The van der Waals surface area contributed by atoms with Crippen LogP contribution in [0.3, 0.4) is 0 Å². The third-order valence-electron chi connectivity index (χ3n) is 5.85. The molecule has 29 heavy (non-hydrogen) atoms. The first kappa shape index (κ1) is 17.9. The highest BCUT2D eigenvalue weighted by Gasteiger charge is 2.26. The lowest BCUT2D eigenvalue weighted by atomic mass is 9.91. The van der Waals surface area contributed by atoms with Crippen molar-refractivity contribution in [1.29, 1.82) is 0 Å². The summed E-state index contributed by atoms with van der Waals surface area (Å²) in [7, 11) is 0. The van der Waals surface area contributed by atoms with E-state index in [2.05, 4.69) is 84.1 Å². The lowest BCUT2D eigenvalue weighted by Crippen LogP contribution is -2.39. The number of piperidine rings is 1. The maximum absolute atomic E-state index is 4.79. The fourth-order valence-electron chi connectivity index (χ4n) is 4.74. The molecule has 0 unspecified atom stereocenters. The molecule has 1 saturated heterocycles. The number of nitrogens with zero attached hydrogens (tertiary/aromatic N) is 4. The van der Waals surface area contributed by atoms with Crippen molar-refractivity contribution >= 4 is 16.9 Å². The van der Waals surface area contributed by atoms with Crippen LogP contribution in [-0.4, -0.2) is 27.6 Å². The average Bonchev–Trinajstić information content (AvgIpc) is 3.14. The van der Waals surface area contributed by atoms with E-state index >= 15 is 0 Å². The van der Waals surface area contributed by atoms with E-state index in [-0.39, 0.29) is 0 Å². The van der Waals surface area contributed by atoms with Crippen LogP contribution in [0.2, 0.25) is 0 Å². The van der Waals surface area contributed by atoms with Crippen LogP contribution in [0.15, 0.2) is 73.2 Å². The first-order chi connectivity index (χ1) is 14.2. The number of hydrogen-bond donors (Lipinski definition) is 0. The molecule has 4 aromatic rings. The molecule has 0 bridgehead atoms. The summed E-state index contributed by atoms with van der Waals surface area (Å²) in [6.07, 6.45) is 5.21. The molecule has 3 heterocycles. The quantitative estimate of drug-likeness (QED) is 0.464. The van der Waals surface area contributed by atoms with Crippen molar-refractivity contribution in [3.63, 3.8) is 0 Å². The molecule has 0 amide bonds. The Morgan fingerprint density at radius 3 is 2.17 bits per heavy atom. The van der Waals surface area contributed by atoms with Gasteiger partial charge in [0.2, 0.25) is 0 Å². The number of rotatable bonds is 3. The SMILES string of the molecule is C[C@@H]1C[C@@H](C)CN(c2ncnc3c2c(-c2ccccc2)cn3-c2ccccc2)C1. The third kappa shape index (κ3) is 3.29. The van der Waals surface area contributed by atoms with E-state index in [1.807, 2.05) is 6.07 Å². The van der Waals surface area contributed by atoms with Gasteiger partial charge in [0.15, 0.2) is 5.65 Å². The van der Waals surface area contributed by atoms with Gasteiger partial charge in [-0.05, 0) is 36.0 Å². The van der Waals surface area contributed by atoms with E-state index in [9.17, 15) is 0 Å². The fraction of sp³-hybridized carbons (Fsp3) is 0.280. The number of anilines is 1. The van der Waals surface area contributed by atoms with E-state index in [0.29, 0.717) is 11.8 Å². The second-order valence-electron chi connectivity index (χ2n) is 8.36. The van der Waals surface area contributed by atoms with Crippen molar-refractivity contribution in [3.05, 3.63) is 73.2 Å². The summed E-state index contributed by atoms with van der Waals surface area (Å²) < 4.78 is 2.19. The fourth-order valence-corrected chi connectivity index (χ4v) is 4.74.